The van der Waals surface area contributed by atoms with Crippen molar-refractivity contribution < 1.29 is 9.63 Å². The van der Waals surface area contributed by atoms with Crippen molar-refractivity contribution in [2.24, 2.45) is 0 Å². The molecule has 1 unspecified atom stereocenters. The summed E-state index contributed by atoms with van der Waals surface area (Å²) in [6.07, 6.45) is 6.47. The number of hydroxylamine groups is 1. The molecule has 2 saturated heterocycles. The Morgan fingerprint density at radius 3 is 2.37 bits per heavy atom. The molecule has 5 heteroatoms. The summed E-state index contributed by atoms with van der Waals surface area (Å²) >= 11 is 0. The number of piperidine rings is 2. The second kappa shape index (κ2) is 7.22. The Labute approximate surface area is 116 Å². The first-order chi connectivity index (χ1) is 9.22. The van der Waals surface area contributed by atoms with Gasteiger partial charge >= 0.3 is 0 Å². The Morgan fingerprint density at radius 1 is 1.16 bits per heavy atom. The summed E-state index contributed by atoms with van der Waals surface area (Å²) < 4.78 is 0. The minimum atomic E-state index is -0.0951. The van der Waals surface area contributed by atoms with Gasteiger partial charge in [-0.1, -0.05) is 6.42 Å². The first kappa shape index (κ1) is 14.8. The molecule has 2 rings (SSSR count). The highest BCUT2D eigenvalue weighted by Crippen LogP contribution is 2.21. The maximum Gasteiger partial charge on any atom is 0.260 e. The lowest BCUT2D eigenvalue weighted by molar-refractivity contribution is -0.137. The largest absolute Gasteiger partial charge is 0.300 e. The minimum absolute atomic E-state index is 0.0427. The summed E-state index contributed by atoms with van der Waals surface area (Å²) in [4.78, 5) is 21.3. The molecule has 0 bridgehead atoms. The minimum Gasteiger partial charge on any atom is -0.300 e. The highest BCUT2D eigenvalue weighted by Gasteiger charge is 2.29. The fourth-order valence-electron chi connectivity index (χ4n) is 3.27. The molecule has 0 aromatic heterocycles. The van der Waals surface area contributed by atoms with Crippen LogP contribution in [-0.4, -0.2) is 61.1 Å². The molecular formula is C14H27N3O2. The molecule has 0 spiro atoms. The number of hydrogen-bond acceptors (Lipinski definition) is 4. The summed E-state index contributed by atoms with van der Waals surface area (Å²) in [5, 5.41) is 0. The third kappa shape index (κ3) is 3.91. The van der Waals surface area contributed by atoms with Gasteiger partial charge in [-0.25, -0.2) is 5.48 Å². The number of rotatable bonds is 4. The van der Waals surface area contributed by atoms with Crippen LogP contribution in [0, 0.1) is 0 Å². The molecule has 2 aliphatic heterocycles. The zero-order chi connectivity index (χ0) is 13.7. The van der Waals surface area contributed by atoms with Gasteiger partial charge in [0.25, 0.3) is 5.91 Å². The SMILES string of the molecule is CONC(=O)C(C)N1CCC(N2CCCCC2)CC1. The van der Waals surface area contributed by atoms with Crippen LogP contribution in [0.1, 0.15) is 39.0 Å². The quantitative estimate of drug-likeness (QED) is 0.774. The van der Waals surface area contributed by atoms with Gasteiger partial charge in [-0.05, 0) is 45.7 Å². The molecule has 0 aromatic carbocycles. The van der Waals surface area contributed by atoms with Crippen molar-refractivity contribution in [3.05, 3.63) is 0 Å². The Balaban J connectivity index is 1.76. The molecule has 5 nitrogen and oxygen atoms in total. The van der Waals surface area contributed by atoms with E-state index in [0.29, 0.717) is 0 Å². The van der Waals surface area contributed by atoms with Gasteiger partial charge in [-0.2, -0.15) is 0 Å². The van der Waals surface area contributed by atoms with Crippen LogP contribution in [0.5, 0.6) is 0 Å². The third-order valence-corrected chi connectivity index (χ3v) is 4.54. The van der Waals surface area contributed by atoms with Gasteiger partial charge < -0.3 is 4.90 Å². The van der Waals surface area contributed by atoms with Crippen LogP contribution in [0.3, 0.4) is 0 Å². The predicted octanol–water partition coefficient (Wildman–Crippen LogP) is 1.00. The average molecular weight is 269 g/mol. The van der Waals surface area contributed by atoms with Crippen LogP contribution in [-0.2, 0) is 9.63 Å². The number of carbonyl (C=O) groups excluding carboxylic acids is 1. The second-order valence-corrected chi connectivity index (χ2v) is 5.71. The average Bonchev–Trinajstić information content (AvgIpc) is 2.48. The fourth-order valence-corrected chi connectivity index (χ4v) is 3.27. The number of likely N-dealkylation sites (tertiary alicyclic amines) is 2. The predicted molar refractivity (Wildman–Crippen MR) is 74.6 cm³/mol. The Bertz CT molecular complexity index is 284. The van der Waals surface area contributed by atoms with E-state index < -0.39 is 0 Å². The van der Waals surface area contributed by atoms with Crippen molar-refractivity contribution in [2.75, 3.05) is 33.3 Å². The molecule has 19 heavy (non-hydrogen) atoms. The molecule has 2 fully saturated rings. The highest BCUT2D eigenvalue weighted by atomic mass is 16.6. The molecule has 0 radical (unpaired) electrons. The normalized spacial score (nSPS) is 25.2. The molecule has 1 N–H and O–H groups in total. The van der Waals surface area contributed by atoms with E-state index in [2.05, 4.69) is 15.3 Å². The Hall–Kier alpha value is -0.650. The summed E-state index contributed by atoms with van der Waals surface area (Å²) in [5.74, 6) is -0.0427. The lowest BCUT2D eigenvalue weighted by Gasteiger charge is -2.41. The van der Waals surface area contributed by atoms with E-state index in [1.54, 1.807) is 0 Å². The van der Waals surface area contributed by atoms with Crippen LogP contribution < -0.4 is 5.48 Å². The third-order valence-electron chi connectivity index (χ3n) is 4.54. The van der Waals surface area contributed by atoms with E-state index in [1.165, 1.54) is 52.3 Å². The molecule has 1 amide bonds. The van der Waals surface area contributed by atoms with Gasteiger partial charge in [0.1, 0.15) is 0 Å². The van der Waals surface area contributed by atoms with Gasteiger partial charge in [0.2, 0.25) is 0 Å². The summed E-state index contributed by atoms with van der Waals surface area (Å²) in [5.41, 5.74) is 2.43. The lowest BCUT2D eigenvalue weighted by atomic mass is 9.99. The Kier molecular flexibility index (Phi) is 5.60. The highest BCUT2D eigenvalue weighted by molar-refractivity contribution is 5.80. The van der Waals surface area contributed by atoms with E-state index in [-0.39, 0.29) is 11.9 Å². The van der Waals surface area contributed by atoms with Crippen molar-refractivity contribution in [1.82, 2.24) is 15.3 Å². The molecule has 0 saturated carbocycles. The van der Waals surface area contributed by atoms with Gasteiger partial charge in [0.15, 0.2) is 0 Å². The van der Waals surface area contributed by atoms with Crippen LogP contribution in [0.25, 0.3) is 0 Å². The Morgan fingerprint density at radius 2 is 1.79 bits per heavy atom. The van der Waals surface area contributed by atoms with E-state index in [1.807, 2.05) is 6.92 Å². The molecule has 2 heterocycles. The van der Waals surface area contributed by atoms with Crippen molar-refractivity contribution >= 4 is 5.91 Å². The van der Waals surface area contributed by atoms with Crippen LogP contribution in [0.4, 0.5) is 0 Å². The number of hydrogen-bond donors (Lipinski definition) is 1. The van der Waals surface area contributed by atoms with Gasteiger partial charge in [0.05, 0.1) is 13.2 Å². The zero-order valence-corrected chi connectivity index (χ0v) is 12.2. The maximum atomic E-state index is 11.7. The number of nitrogens with one attached hydrogen (secondary N) is 1. The smallest absolute Gasteiger partial charge is 0.260 e. The zero-order valence-electron chi connectivity index (χ0n) is 12.2. The van der Waals surface area contributed by atoms with Gasteiger partial charge in [0, 0.05) is 19.1 Å². The van der Waals surface area contributed by atoms with E-state index in [9.17, 15) is 4.79 Å². The van der Waals surface area contributed by atoms with E-state index in [4.69, 9.17) is 4.84 Å². The van der Waals surface area contributed by atoms with Crippen molar-refractivity contribution in [1.29, 1.82) is 0 Å². The number of carbonyl (C=O) groups is 1. The molecule has 0 aliphatic carbocycles. The standard InChI is InChI=1S/C14H27N3O2/c1-12(14(18)15-19-2)16-10-6-13(7-11-16)17-8-4-3-5-9-17/h12-13H,3-11H2,1-2H3,(H,15,18). The topological polar surface area (TPSA) is 44.8 Å². The van der Waals surface area contributed by atoms with Gasteiger partial charge in [-0.15, -0.1) is 0 Å². The second-order valence-electron chi connectivity index (χ2n) is 5.71. The van der Waals surface area contributed by atoms with Crippen molar-refractivity contribution in [2.45, 2.75) is 51.1 Å². The van der Waals surface area contributed by atoms with Crippen molar-refractivity contribution in [3.63, 3.8) is 0 Å². The maximum absolute atomic E-state index is 11.7. The summed E-state index contributed by atoms with van der Waals surface area (Å²) in [6.45, 7) is 6.52. The monoisotopic (exact) mass is 269 g/mol. The number of amides is 1. The first-order valence-corrected chi connectivity index (χ1v) is 7.53. The van der Waals surface area contributed by atoms with Gasteiger partial charge in [-0.3, -0.25) is 14.5 Å². The number of nitrogens with zero attached hydrogens (tertiary/aromatic N) is 2. The van der Waals surface area contributed by atoms with E-state index >= 15 is 0 Å². The summed E-state index contributed by atoms with van der Waals surface area (Å²) in [7, 11) is 1.48. The molecule has 110 valence electrons. The molecular weight excluding hydrogens is 242 g/mol. The first-order valence-electron chi connectivity index (χ1n) is 7.53. The lowest BCUT2D eigenvalue weighted by Crippen LogP contribution is -2.52. The van der Waals surface area contributed by atoms with Crippen LogP contribution in [0.2, 0.25) is 0 Å². The fraction of sp³-hybridized carbons (Fsp3) is 0.929. The van der Waals surface area contributed by atoms with Crippen molar-refractivity contribution in [3.8, 4) is 0 Å². The molecule has 0 aromatic rings. The van der Waals surface area contributed by atoms with Crippen LogP contribution in [0.15, 0.2) is 0 Å². The summed E-state index contributed by atoms with van der Waals surface area (Å²) in [6, 6.07) is 0.636. The van der Waals surface area contributed by atoms with Crippen LogP contribution >= 0.6 is 0 Å². The molecule has 1 atom stereocenters. The molecule has 2 aliphatic rings. The van der Waals surface area contributed by atoms with E-state index in [0.717, 1.165) is 19.1 Å².